The van der Waals surface area contributed by atoms with Crippen molar-refractivity contribution in [2.45, 2.75) is 200 Å². The van der Waals surface area contributed by atoms with Crippen LogP contribution >= 0.6 is 0 Å². The number of allylic oxidation sites excluding steroid dienone is 1. The fraction of sp³-hybridized carbons (Fsp3) is 0.941. The van der Waals surface area contributed by atoms with Gasteiger partial charge in [-0.05, 0) is 12.3 Å². The molecular formula is C34H68. The van der Waals surface area contributed by atoms with E-state index in [-0.39, 0.29) is 0 Å². The third-order valence-electron chi connectivity index (χ3n) is 7.93. The molecule has 0 bridgehead atoms. The number of unbranched alkanes of at least 4 members (excludes halogenated alkanes) is 24. The lowest BCUT2D eigenvalue weighted by Crippen LogP contribution is -1.99. The summed E-state index contributed by atoms with van der Waals surface area (Å²) in [5.41, 5.74) is 0. The van der Waals surface area contributed by atoms with Gasteiger partial charge in [0.15, 0.2) is 0 Å². The molecular weight excluding hydrogens is 408 g/mol. The quantitative estimate of drug-likeness (QED) is 0.0714. The molecule has 0 saturated carbocycles. The Balaban J connectivity index is 3.38. The van der Waals surface area contributed by atoms with Gasteiger partial charge in [-0.3, -0.25) is 0 Å². The van der Waals surface area contributed by atoms with Gasteiger partial charge in [-0.1, -0.05) is 200 Å². The van der Waals surface area contributed by atoms with Gasteiger partial charge in [-0.25, -0.2) is 0 Å². The SMILES string of the molecule is C=CCC(CCCCCCCCCCCCCCC)CCCCCCCCCCCCCCC. The summed E-state index contributed by atoms with van der Waals surface area (Å²) in [7, 11) is 0. The van der Waals surface area contributed by atoms with Crippen LogP contribution in [0.2, 0.25) is 0 Å². The fourth-order valence-electron chi connectivity index (χ4n) is 5.52. The molecule has 0 aromatic carbocycles. The zero-order valence-corrected chi connectivity index (χ0v) is 24.4. The minimum atomic E-state index is 0.915. The maximum absolute atomic E-state index is 4.03. The standard InChI is InChI=1S/C34H68/c1-4-7-9-11-13-15-17-19-21-23-25-27-29-32-34(31-6-3)33-30-28-26-24-22-20-18-16-14-12-10-8-5-2/h6,34H,3-5,7-33H2,1-2H3. The molecule has 0 fully saturated rings. The van der Waals surface area contributed by atoms with Crippen molar-refractivity contribution in [1.29, 1.82) is 0 Å². The minimum absolute atomic E-state index is 0.915. The van der Waals surface area contributed by atoms with Gasteiger partial charge >= 0.3 is 0 Å². The molecule has 0 heterocycles. The summed E-state index contributed by atoms with van der Waals surface area (Å²) in [4.78, 5) is 0. The maximum atomic E-state index is 4.03. The molecule has 34 heavy (non-hydrogen) atoms. The van der Waals surface area contributed by atoms with E-state index in [9.17, 15) is 0 Å². The van der Waals surface area contributed by atoms with Crippen molar-refractivity contribution in [1.82, 2.24) is 0 Å². The lowest BCUT2D eigenvalue weighted by atomic mass is 9.91. The highest BCUT2D eigenvalue weighted by molar-refractivity contribution is 4.73. The van der Waals surface area contributed by atoms with Crippen molar-refractivity contribution < 1.29 is 0 Å². The monoisotopic (exact) mass is 477 g/mol. The second-order valence-corrected chi connectivity index (χ2v) is 11.5. The zero-order valence-electron chi connectivity index (χ0n) is 24.4. The van der Waals surface area contributed by atoms with Crippen LogP contribution < -0.4 is 0 Å². The van der Waals surface area contributed by atoms with Gasteiger partial charge in [-0.2, -0.15) is 0 Å². The molecule has 0 unspecified atom stereocenters. The summed E-state index contributed by atoms with van der Waals surface area (Å²) >= 11 is 0. The summed E-state index contributed by atoms with van der Waals surface area (Å²) in [6, 6.07) is 0. The van der Waals surface area contributed by atoms with Crippen LogP contribution in [0.5, 0.6) is 0 Å². The number of rotatable bonds is 30. The molecule has 0 radical (unpaired) electrons. The van der Waals surface area contributed by atoms with Crippen molar-refractivity contribution in [3.05, 3.63) is 12.7 Å². The average Bonchev–Trinajstić information content (AvgIpc) is 2.84. The first-order valence-electron chi connectivity index (χ1n) is 16.5. The predicted octanol–water partition coefficient (Wildman–Crippen LogP) is 13.1. The van der Waals surface area contributed by atoms with E-state index in [1.807, 2.05) is 0 Å². The molecule has 0 saturated heterocycles. The van der Waals surface area contributed by atoms with Crippen LogP contribution in [0.3, 0.4) is 0 Å². The van der Waals surface area contributed by atoms with Crippen LogP contribution in [0, 0.1) is 5.92 Å². The van der Waals surface area contributed by atoms with E-state index < -0.39 is 0 Å². The Morgan fingerprint density at radius 1 is 0.382 bits per heavy atom. The molecule has 0 N–H and O–H groups in total. The second kappa shape index (κ2) is 30.8. The van der Waals surface area contributed by atoms with Crippen molar-refractivity contribution in [3.63, 3.8) is 0 Å². The highest BCUT2D eigenvalue weighted by atomic mass is 14.1. The van der Waals surface area contributed by atoms with Crippen LogP contribution in [-0.4, -0.2) is 0 Å². The van der Waals surface area contributed by atoms with Crippen LogP contribution in [0.4, 0.5) is 0 Å². The highest BCUT2D eigenvalue weighted by Crippen LogP contribution is 2.23. The van der Waals surface area contributed by atoms with Gasteiger partial charge in [-0.15, -0.1) is 6.58 Å². The number of hydrogen-bond acceptors (Lipinski definition) is 0. The normalized spacial score (nSPS) is 11.5. The summed E-state index contributed by atoms with van der Waals surface area (Å²) in [5.74, 6) is 0.915. The zero-order chi connectivity index (χ0) is 24.8. The van der Waals surface area contributed by atoms with Crippen LogP contribution in [0.1, 0.15) is 200 Å². The average molecular weight is 477 g/mol. The van der Waals surface area contributed by atoms with Gasteiger partial charge in [0, 0.05) is 0 Å². The van der Waals surface area contributed by atoms with Crippen LogP contribution in [0.25, 0.3) is 0 Å². The van der Waals surface area contributed by atoms with Crippen LogP contribution in [0.15, 0.2) is 12.7 Å². The Labute approximate surface area is 218 Å². The molecule has 0 aromatic heterocycles. The lowest BCUT2D eigenvalue weighted by Gasteiger charge is -2.15. The summed E-state index contributed by atoms with van der Waals surface area (Å²) in [6.07, 6.45) is 44.3. The Kier molecular flexibility index (Phi) is 30.5. The minimum Gasteiger partial charge on any atom is -0.103 e. The van der Waals surface area contributed by atoms with E-state index in [1.54, 1.807) is 0 Å². The Morgan fingerprint density at radius 3 is 0.853 bits per heavy atom. The summed E-state index contributed by atoms with van der Waals surface area (Å²) < 4.78 is 0. The van der Waals surface area contributed by atoms with Gasteiger partial charge in [0.05, 0.1) is 0 Å². The summed E-state index contributed by atoms with van der Waals surface area (Å²) in [6.45, 7) is 8.64. The molecule has 204 valence electrons. The van der Waals surface area contributed by atoms with E-state index >= 15 is 0 Å². The predicted molar refractivity (Wildman–Crippen MR) is 159 cm³/mol. The Hall–Kier alpha value is -0.260. The maximum Gasteiger partial charge on any atom is -0.0325 e. The lowest BCUT2D eigenvalue weighted by molar-refractivity contribution is 0.405. The van der Waals surface area contributed by atoms with Crippen molar-refractivity contribution in [2.75, 3.05) is 0 Å². The van der Waals surface area contributed by atoms with E-state index in [0.717, 1.165) is 5.92 Å². The molecule has 0 nitrogen and oxygen atoms in total. The molecule has 0 atom stereocenters. The molecule has 0 heteroatoms. The smallest absolute Gasteiger partial charge is 0.0325 e. The molecule has 0 aliphatic carbocycles. The van der Waals surface area contributed by atoms with Crippen molar-refractivity contribution in [2.24, 2.45) is 5.92 Å². The molecule has 0 aliphatic heterocycles. The fourth-order valence-corrected chi connectivity index (χ4v) is 5.52. The van der Waals surface area contributed by atoms with Crippen LogP contribution in [-0.2, 0) is 0 Å². The molecule has 0 rings (SSSR count). The topological polar surface area (TPSA) is 0 Å². The van der Waals surface area contributed by atoms with Gasteiger partial charge in [0.25, 0.3) is 0 Å². The van der Waals surface area contributed by atoms with Gasteiger partial charge < -0.3 is 0 Å². The largest absolute Gasteiger partial charge is 0.103 e. The first kappa shape index (κ1) is 33.7. The molecule has 0 spiro atoms. The van der Waals surface area contributed by atoms with Gasteiger partial charge in [0.2, 0.25) is 0 Å². The third-order valence-corrected chi connectivity index (χ3v) is 7.93. The Morgan fingerprint density at radius 2 is 0.618 bits per heavy atom. The molecule has 0 aliphatic rings. The summed E-state index contributed by atoms with van der Waals surface area (Å²) in [5, 5.41) is 0. The first-order chi connectivity index (χ1) is 16.8. The van der Waals surface area contributed by atoms with Crippen molar-refractivity contribution in [3.8, 4) is 0 Å². The van der Waals surface area contributed by atoms with E-state index in [1.165, 1.54) is 186 Å². The van der Waals surface area contributed by atoms with E-state index in [2.05, 4.69) is 26.5 Å². The molecule has 0 aromatic rings. The Bertz CT molecular complexity index is 327. The van der Waals surface area contributed by atoms with E-state index in [0.29, 0.717) is 0 Å². The third kappa shape index (κ3) is 28.0. The van der Waals surface area contributed by atoms with E-state index in [4.69, 9.17) is 0 Å². The molecule has 0 amide bonds. The van der Waals surface area contributed by atoms with Gasteiger partial charge in [0.1, 0.15) is 0 Å². The van der Waals surface area contributed by atoms with Crippen molar-refractivity contribution >= 4 is 0 Å². The second-order valence-electron chi connectivity index (χ2n) is 11.5. The first-order valence-corrected chi connectivity index (χ1v) is 16.5. The number of hydrogen-bond donors (Lipinski definition) is 0. The highest BCUT2D eigenvalue weighted by Gasteiger charge is 2.07.